The van der Waals surface area contributed by atoms with Crippen molar-refractivity contribution in [3.05, 3.63) is 61.6 Å². The van der Waals surface area contributed by atoms with E-state index in [0.717, 1.165) is 15.8 Å². The molecule has 0 radical (unpaired) electrons. The van der Waals surface area contributed by atoms with Crippen molar-refractivity contribution in [3.63, 3.8) is 0 Å². The summed E-state index contributed by atoms with van der Waals surface area (Å²) in [4.78, 5) is 11.3. The molecule has 0 amide bonds. The van der Waals surface area contributed by atoms with E-state index in [4.69, 9.17) is 4.74 Å². The van der Waals surface area contributed by atoms with Crippen LogP contribution >= 0.6 is 38.5 Å². The Hall–Kier alpha value is -0.880. The second-order valence-corrected chi connectivity index (χ2v) is 6.09. The van der Waals surface area contributed by atoms with E-state index >= 15 is 0 Å². The van der Waals surface area contributed by atoms with Gasteiger partial charge < -0.3 is 4.74 Å². The summed E-state index contributed by atoms with van der Waals surface area (Å²) < 4.78 is 7.69. The van der Waals surface area contributed by atoms with Crippen molar-refractivity contribution in [2.45, 2.75) is 13.5 Å². The van der Waals surface area contributed by atoms with Gasteiger partial charge in [-0.15, -0.1) is 0 Å². The number of benzene rings is 2. The van der Waals surface area contributed by atoms with Crippen molar-refractivity contribution in [1.82, 2.24) is 0 Å². The maximum absolute atomic E-state index is 11.3. The molecular weight excluding hydrogens is 419 g/mol. The Morgan fingerprint density at radius 1 is 1.26 bits per heavy atom. The second-order valence-electron chi connectivity index (χ2n) is 4.08. The lowest BCUT2D eigenvalue weighted by Crippen LogP contribution is -1.99. The summed E-state index contributed by atoms with van der Waals surface area (Å²) in [7, 11) is 0. The maximum atomic E-state index is 11.3. The zero-order valence-corrected chi connectivity index (χ0v) is 14.1. The van der Waals surface area contributed by atoms with Crippen LogP contribution in [0.5, 0.6) is 5.75 Å². The SMILES string of the molecule is CC(=O)c1ccc(OCc2ccccc2I)cc1Br. The third-order valence-corrected chi connectivity index (χ3v) is 4.38. The van der Waals surface area contributed by atoms with Crippen LogP contribution in [0, 0.1) is 3.57 Å². The molecule has 0 unspecified atom stereocenters. The fraction of sp³-hybridized carbons (Fsp3) is 0.133. The number of ketones is 1. The normalized spacial score (nSPS) is 10.3. The van der Waals surface area contributed by atoms with Crippen LogP contribution in [0.4, 0.5) is 0 Å². The number of ether oxygens (including phenoxy) is 1. The summed E-state index contributed by atoms with van der Waals surface area (Å²) in [5.74, 6) is 0.785. The van der Waals surface area contributed by atoms with Gasteiger partial charge in [-0.3, -0.25) is 4.79 Å². The number of carbonyl (C=O) groups excluding carboxylic acids is 1. The molecule has 0 bridgehead atoms. The number of halogens is 2. The summed E-state index contributed by atoms with van der Waals surface area (Å²) in [6.07, 6.45) is 0. The molecule has 0 aliphatic rings. The lowest BCUT2D eigenvalue weighted by Gasteiger charge is -2.09. The highest BCUT2D eigenvalue weighted by molar-refractivity contribution is 14.1. The second kappa shape index (κ2) is 6.52. The van der Waals surface area contributed by atoms with Crippen LogP contribution in [0.2, 0.25) is 0 Å². The number of rotatable bonds is 4. The zero-order chi connectivity index (χ0) is 13.8. The minimum Gasteiger partial charge on any atom is -0.489 e. The van der Waals surface area contributed by atoms with Gasteiger partial charge in [0, 0.05) is 19.2 Å². The predicted molar refractivity (Wildman–Crippen MR) is 87.6 cm³/mol. The summed E-state index contributed by atoms with van der Waals surface area (Å²) >= 11 is 5.68. The van der Waals surface area contributed by atoms with E-state index in [2.05, 4.69) is 38.5 Å². The fourth-order valence-electron chi connectivity index (χ4n) is 1.65. The average molecular weight is 431 g/mol. The number of hydrogen-bond acceptors (Lipinski definition) is 2. The smallest absolute Gasteiger partial charge is 0.160 e. The van der Waals surface area contributed by atoms with Crippen LogP contribution in [0.25, 0.3) is 0 Å². The summed E-state index contributed by atoms with van der Waals surface area (Å²) in [6.45, 7) is 2.07. The maximum Gasteiger partial charge on any atom is 0.160 e. The molecule has 0 N–H and O–H groups in total. The van der Waals surface area contributed by atoms with Crippen molar-refractivity contribution < 1.29 is 9.53 Å². The third-order valence-electron chi connectivity index (χ3n) is 2.67. The van der Waals surface area contributed by atoms with Crippen molar-refractivity contribution in [2.24, 2.45) is 0 Å². The van der Waals surface area contributed by atoms with Gasteiger partial charge in [0.05, 0.1) is 0 Å². The van der Waals surface area contributed by atoms with Gasteiger partial charge in [-0.1, -0.05) is 18.2 Å². The molecule has 2 aromatic carbocycles. The first kappa shape index (κ1) is 14.5. The first-order valence-electron chi connectivity index (χ1n) is 5.74. The van der Waals surface area contributed by atoms with Gasteiger partial charge in [-0.05, 0) is 69.7 Å². The van der Waals surface area contributed by atoms with E-state index in [0.29, 0.717) is 12.2 Å². The van der Waals surface area contributed by atoms with Gasteiger partial charge in [-0.2, -0.15) is 0 Å². The molecule has 0 aromatic heterocycles. The molecule has 2 aromatic rings. The summed E-state index contributed by atoms with van der Waals surface area (Å²) in [5, 5.41) is 0. The van der Waals surface area contributed by atoms with Crippen LogP contribution in [-0.4, -0.2) is 5.78 Å². The van der Waals surface area contributed by atoms with Gasteiger partial charge in [0.2, 0.25) is 0 Å². The fourth-order valence-corrected chi connectivity index (χ4v) is 2.83. The van der Waals surface area contributed by atoms with Gasteiger partial charge in [-0.25, -0.2) is 0 Å². The predicted octanol–water partition coefficient (Wildman–Crippen LogP) is 4.84. The Morgan fingerprint density at radius 3 is 2.63 bits per heavy atom. The first-order valence-corrected chi connectivity index (χ1v) is 7.62. The highest BCUT2D eigenvalue weighted by Gasteiger charge is 2.07. The van der Waals surface area contributed by atoms with Crippen LogP contribution in [0.15, 0.2) is 46.9 Å². The van der Waals surface area contributed by atoms with E-state index < -0.39 is 0 Å². The molecule has 0 aliphatic carbocycles. The minimum atomic E-state index is 0.0380. The zero-order valence-electron chi connectivity index (χ0n) is 10.3. The molecule has 0 atom stereocenters. The van der Waals surface area contributed by atoms with Gasteiger partial charge >= 0.3 is 0 Å². The van der Waals surface area contributed by atoms with Crippen molar-refractivity contribution in [2.75, 3.05) is 0 Å². The van der Waals surface area contributed by atoms with E-state index in [-0.39, 0.29) is 5.78 Å². The first-order chi connectivity index (χ1) is 9.08. The van der Waals surface area contributed by atoms with Crippen molar-refractivity contribution in [1.29, 1.82) is 0 Å². The quantitative estimate of drug-likeness (QED) is 0.512. The molecule has 2 rings (SSSR count). The summed E-state index contributed by atoms with van der Waals surface area (Å²) in [6, 6.07) is 13.5. The summed E-state index contributed by atoms with van der Waals surface area (Å²) in [5.41, 5.74) is 1.82. The lowest BCUT2D eigenvalue weighted by atomic mass is 10.1. The van der Waals surface area contributed by atoms with Crippen molar-refractivity contribution >= 4 is 44.3 Å². The largest absolute Gasteiger partial charge is 0.489 e. The molecule has 0 saturated carbocycles. The van der Waals surface area contributed by atoms with Gasteiger partial charge in [0.25, 0.3) is 0 Å². The van der Waals surface area contributed by atoms with E-state index in [1.54, 1.807) is 13.0 Å². The topological polar surface area (TPSA) is 26.3 Å². The molecule has 2 nitrogen and oxygen atoms in total. The van der Waals surface area contributed by atoms with E-state index in [9.17, 15) is 4.79 Å². The molecule has 0 saturated heterocycles. The molecular formula is C15H12BrIO2. The standard InChI is InChI=1S/C15H12BrIO2/c1-10(18)13-7-6-12(8-14(13)16)19-9-11-4-2-3-5-15(11)17/h2-8H,9H2,1H3. The average Bonchev–Trinajstić information content (AvgIpc) is 2.37. The number of Topliss-reactive ketones (excluding diaryl/α,β-unsaturated/α-hetero) is 1. The highest BCUT2D eigenvalue weighted by atomic mass is 127. The molecule has 0 spiro atoms. The Bertz CT molecular complexity index is 611. The molecule has 0 fully saturated rings. The molecule has 4 heteroatoms. The Kier molecular flexibility index (Phi) is 4.99. The Morgan fingerprint density at radius 2 is 2.00 bits per heavy atom. The Labute approximate surface area is 134 Å². The van der Waals surface area contributed by atoms with Crippen LogP contribution in [-0.2, 0) is 6.61 Å². The van der Waals surface area contributed by atoms with Crippen molar-refractivity contribution in [3.8, 4) is 5.75 Å². The molecule has 98 valence electrons. The van der Waals surface area contributed by atoms with Crippen LogP contribution in [0.1, 0.15) is 22.8 Å². The van der Waals surface area contributed by atoms with Crippen LogP contribution < -0.4 is 4.74 Å². The van der Waals surface area contributed by atoms with Crippen LogP contribution in [0.3, 0.4) is 0 Å². The number of carbonyl (C=O) groups is 1. The minimum absolute atomic E-state index is 0.0380. The monoisotopic (exact) mass is 430 g/mol. The van der Waals surface area contributed by atoms with Gasteiger partial charge in [0.15, 0.2) is 5.78 Å². The molecule has 0 heterocycles. The molecule has 0 aliphatic heterocycles. The lowest BCUT2D eigenvalue weighted by molar-refractivity contribution is 0.101. The van der Waals surface area contributed by atoms with Gasteiger partial charge in [0.1, 0.15) is 12.4 Å². The van der Waals surface area contributed by atoms with E-state index in [1.165, 1.54) is 3.57 Å². The number of hydrogen-bond donors (Lipinski definition) is 0. The third kappa shape index (κ3) is 3.79. The molecule has 19 heavy (non-hydrogen) atoms. The Balaban J connectivity index is 2.11. The highest BCUT2D eigenvalue weighted by Crippen LogP contribution is 2.24. The van der Waals surface area contributed by atoms with E-state index in [1.807, 2.05) is 36.4 Å².